The van der Waals surface area contributed by atoms with Gasteiger partial charge >= 0.3 is 0 Å². The van der Waals surface area contributed by atoms with Crippen LogP contribution in [-0.2, 0) is 6.42 Å². The number of nitrogens with two attached hydrogens (primary N) is 1. The van der Waals surface area contributed by atoms with Gasteiger partial charge in [-0.05, 0) is 35.4 Å². The van der Waals surface area contributed by atoms with E-state index in [-0.39, 0.29) is 5.82 Å². The average Bonchev–Trinajstić information content (AvgIpc) is 2.43. The van der Waals surface area contributed by atoms with Gasteiger partial charge in [-0.15, -0.1) is 0 Å². The molecule has 0 unspecified atom stereocenters. The summed E-state index contributed by atoms with van der Waals surface area (Å²) in [4.78, 5) is 0. The molecule has 0 aliphatic heterocycles. The third-order valence-electron chi connectivity index (χ3n) is 2.98. The van der Waals surface area contributed by atoms with Crippen LogP contribution in [0.5, 0.6) is 11.5 Å². The zero-order valence-electron chi connectivity index (χ0n) is 10.9. The van der Waals surface area contributed by atoms with E-state index in [0.29, 0.717) is 23.6 Å². The van der Waals surface area contributed by atoms with Crippen LogP contribution in [-0.4, -0.2) is 14.2 Å². The average molecular weight is 261 g/mol. The summed E-state index contributed by atoms with van der Waals surface area (Å²) in [6.45, 7) is 0. The number of anilines is 1. The molecular formula is C15H16FNO2. The van der Waals surface area contributed by atoms with Gasteiger partial charge in [0.15, 0.2) is 0 Å². The van der Waals surface area contributed by atoms with Crippen molar-refractivity contribution in [2.24, 2.45) is 0 Å². The lowest BCUT2D eigenvalue weighted by Gasteiger charge is -2.11. The largest absolute Gasteiger partial charge is 0.497 e. The van der Waals surface area contributed by atoms with Crippen LogP contribution in [0, 0.1) is 5.82 Å². The van der Waals surface area contributed by atoms with Gasteiger partial charge in [0.1, 0.15) is 17.3 Å². The number of hydrogen-bond acceptors (Lipinski definition) is 3. The van der Waals surface area contributed by atoms with Gasteiger partial charge in [0.05, 0.1) is 14.2 Å². The normalized spacial score (nSPS) is 10.3. The highest BCUT2D eigenvalue weighted by Crippen LogP contribution is 2.28. The number of methoxy groups -OCH3 is 2. The van der Waals surface area contributed by atoms with Crippen LogP contribution >= 0.6 is 0 Å². The minimum absolute atomic E-state index is 0.295. The monoisotopic (exact) mass is 261 g/mol. The number of nitrogen functional groups attached to an aromatic ring is 1. The molecule has 2 aromatic rings. The molecule has 100 valence electrons. The number of halogens is 1. The molecule has 0 aliphatic carbocycles. The van der Waals surface area contributed by atoms with E-state index < -0.39 is 0 Å². The first kappa shape index (κ1) is 13.2. The van der Waals surface area contributed by atoms with Crippen LogP contribution in [0.15, 0.2) is 36.4 Å². The minimum atomic E-state index is -0.295. The summed E-state index contributed by atoms with van der Waals surface area (Å²) < 4.78 is 23.7. The Labute approximate surface area is 111 Å². The van der Waals surface area contributed by atoms with E-state index in [9.17, 15) is 4.39 Å². The molecule has 0 atom stereocenters. The first-order valence-electron chi connectivity index (χ1n) is 5.89. The Balaban J connectivity index is 2.35. The highest BCUT2D eigenvalue weighted by atomic mass is 19.1. The zero-order chi connectivity index (χ0) is 13.8. The molecule has 0 heterocycles. The highest BCUT2D eigenvalue weighted by molar-refractivity contribution is 5.51. The Hall–Kier alpha value is -2.23. The Morgan fingerprint density at radius 2 is 1.79 bits per heavy atom. The van der Waals surface area contributed by atoms with Crippen molar-refractivity contribution in [3.05, 3.63) is 53.3 Å². The van der Waals surface area contributed by atoms with Crippen molar-refractivity contribution < 1.29 is 13.9 Å². The van der Waals surface area contributed by atoms with Crippen molar-refractivity contribution >= 4 is 5.69 Å². The summed E-state index contributed by atoms with van der Waals surface area (Å²) in [7, 11) is 3.19. The van der Waals surface area contributed by atoms with Crippen LogP contribution < -0.4 is 15.2 Å². The molecule has 0 fully saturated rings. The smallest absolute Gasteiger partial charge is 0.126 e. The molecule has 2 aromatic carbocycles. The standard InChI is InChI=1S/C15H16FNO2/c1-18-13-5-3-10(15(9-13)19-2)7-11-8-12(16)4-6-14(11)17/h3-6,8-9H,7,17H2,1-2H3. The second kappa shape index (κ2) is 5.61. The van der Waals surface area contributed by atoms with Gasteiger partial charge in [0, 0.05) is 18.2 Å². The Kier molecular flexibility index (Phi) is 3.90. The van der Waals surface area contributed by atoms with Crippen molar-refractivity contribution in [1.82, 2.24) is 0 Å². The third kappa shape index (κ3) is 2.96. The van der Waals surface area contributed by atoms with Crippen molar-refractivity contribution in [1.29, 1.82) is 0 Å². The van der Waals surface area contributed by atoms with E-state index in [1.54, 1.807) is 26.4 Å². The second-order valence-electron chi connectivity index (χ2n) is 4.20. The first-order chi connectivity index (χ1) is 9.13. The minimum Gasteiger partial charge on any atom is -0.497 e. The molecule has 2 N–H and O–H groups in total. The first-order valence-corrected chi connectivity index (χ1v) is 5.89. The molecule has 3 nitrogen and oxygen atoms in total. The Bertz CT molecular complexity index is 584. The van der Waals surface area contributed by atoms with E-state index >= 15 is 0 Å². The second-order valence-corrected chi connectivity index (χ2v) is 4.20. The van der Waals surface area contributed by atoms with Gasteiger partial charge in [0.2, 0.25) is 0 Å². The van der Waals surface area contributed by atoms with Gasteiger partial charge < -0.3 is 15.2 Å². The molecule has 0 aromatic heterocycles. The maximum Gasteiger partial charge on any atom is 0.126 e. The fourth-order valence-corrected chi connectivity index (χ4v) is 1.93. The molecule has 0 spiro atoms. The summed E-state index contributed by atoms with van der Waals surface area (Å²) in [6.07, 6.45) is 0.511. The summed E-state index contributed by atoms with van der Waals surface area (Å²) in [6, 6.07) is 9.89. The van der Waals surface area contributed by atoms with E-state index in [1.165, 1.54) is 12.1 Å². The molecule has 0 bridgehead atoms. The lowest BCUT2D eigenvalue weighted by atomic mass is 10.0. The molecule has 0 radical (unpaired) electrons. The Morgan fingerprint density at radius 1 is 1.00 bits per heavy atom. The predicted molar refractivity (Wildman–Crippen MR) is 73.2 cm³/mol. The SMILES string of the molecule is COc1ccc(Cc2cc(F)ccc2N)c(OC)c1. The zero-order valence-corrected chi connectivity index (χ0v) is 10.9. The van der Waals surface area contributed by atoms with E-state index in [1.807, 2.05) is 12.1 Å². The molecule has 0 aliphatic rings. The molecular weight excluding hydrogens is 245 g/mol. The molecule has 0 amide bonds. The van der Waals surface area contributed by atoms with Crippen LogP contribution in [0.25, 0.3) is 0 Å². The van der Waals surface area contributed by atoms with Gasteiger partial charge in [0.25, 0.3) is 0 Å². The molecule has 4 heteroatoms. The van der Waals surface area contributed by atoms with Crippen molar-refractivity contribution in [2.45, 2.75) is 6.42 Å². The third-order valence-corrected chi connectivity index (χ3v) is 2.98. The molecule has 19 heavy (non-hydrogen) atoms. The van der Waals surface area contributed by atoms with Crippen LogP contribution in [0.3, 0.4) is 0 Å². The summed E-state index contributed by atoms with van der Waals surface area (Å²) in [5.41, 5.74) is 8.09. The van der Waals surface area contributed by atoms with Crippen molar-refractivity contribution in [2.75, 3.05) is 20.0 Å². The van der Waals surface area contributed by atoms with Gasteiger partial charge in [-0.1, -0.05) is 6.07 Å². The number of hydrogen-bond donors (Lipinski definition) is 1. The fraction of sp³-hybridized carbons (Fsp3) is 0.200. The predicted octanol–water partition coefficient (Wildman–Crippen LogP) is 3.02. The van der Waals surface area contributed by atoms with E-state index in [0.717, 1.165) is 11.1 Å². The number of ether oxygens (including phenoxy) is 2. The van der Waals surface area contributed by atoms with Gasteiger partial charge in [-0.2, -0.15) is 0 Å². The summed E-state index contributed by atoms with van der Waals surface area (Å²) in [5.74, 6) is 1.12. The van der Waals surface area contributed by atoms with E-state index in [4.69, 9.17) is 15.2 Å². The van der Waals surface area contributed by atoms with Crippen LogP contribution in [0.1, 0.15) is 11.1 Å². The van der Waals surface area contributed by atoms with Crippen LogP contribution in [0.2, 0.25) is 0 Å². The van der Waals surface area contributed by atoms with Crippen molar-refractivity contribution in [3.63, 3.8) is 0 Å². The lowest BCUT2D eigenvalue weighted by Crippen LogP contribution is -1.99. The molecule has 0 saturated carbocycles. The van der Waals surface area contributed by atoms with Gasteiger partial charge in [-0.25, -0.2) is 4.39 Å². The lowest BCUT2D eigenvalue weighted by molar-refractivity contribution is 0.391. The summed E-state index contributed by atoms with van der Waals surface area (Å²) >= 11 is 0. The fourth-order valence-electron chi connectivity index (χ4n) is 1.93. The maximum absolute atomic E-state index is 13.2. The maximum atomic E-state index is 13.2. The van der Waals surface area contributed by atoms with E-state index in [2.05, 4.69) is 0 Å². The quantitative estimate of drug-likeness (QED) is 0.860. The summed E-state index contributed by atoms with van der Waals surface area (Å²) in [5, 5.41) is 0. The number of benzene rings is 2. The topological polar surface area (TPSA) is 44.5 Å². The molecule has 2 rings (SSSR count). The number of rotatable bonds is 4. The van der Waals surface area contributed by atoms with Crippen molar-refractivity contribution in [3.8, 4) is 11.5 Å². The Morgan fingerprint density at radius 3 is 2.47 bits per heavy atom. The highest BCUT2D eigenvalue weighted by Gasteiger charge is 2.08. The van der Waals surface area contributed by atoms with Gasteiger partial charge in [-0.3, -0.25) is 0 Å². The van der Waals surface area contributed by atoms with Crippen LogP contribution in [0.4, 0.5) is 10.1 Å². The molecule has 0 saturated heterocycles.